The molecule has 0 aromatic heterocycles. The average Bonchev–Trinajstić information content (AvgIpc) is 2.18. The molecule has 2 nitrogen and oxygen atoms in total. The van der Waals surface area contributed by atoms with Gasteiger partial charge in [-0.25, -0.2) is 4.79 Å². The number of carbonyl (C=O) groups excluding carboxylic acids is 1. The third-order valence-electron chi connectivity index (χ3n) is 1.94. The molecule has 0 bridgehead atoms. The molecule has 2 aromatic carbocycles. The minimum absolute atomic E-state index is 0.406. The van der Waals surface area contributed by atoms with Gasteiger partial charge in [0.25, 0.3) is 0 Å². The van der Waals surface area contributed by atoms with Crippen molar-refractivity contribution in [2.75, 3.05) is 0 Å². The van der Waals surface area contributed by atoms with Gasteiger partial charge in [-0.05, 0) is 11.5 Å². The second-order valence-corrected chi connectivity index (χ2v) is 3.22. The van der Waals surface area contributed by atoms with Crippen LogP contribution < -0.4 is 4.74 Å². The molecule has 0 unspecified atom stereocenters. The Hall–Kier alpha value is -1.54. The first kappa shape index (κ1) is 9.03. The van der Waals surface area contributed by atoms with Crippen LogP contribution in [-0.2, 0) is 4.79 Å². The maximum atomic E-state index is 10.0. The molecule has 0 aliphatic heterocycles. The molecule has 0 amide bonds. The van der Waals surface area contributed by atoms with E-state index in [4.69, 9.17) is 11.6 Å². The maximum absolute atomic E-state index is 10.0. The summed E-state index contributed by atoms with van der Waals surface area (Å²) in [5, 5.41) is 2.44. The van der Waals surface area contributed by atoms with Gasteiger partial charge in [0.1, 0.15) is 5.75 Å². The van der Waals surface area contributed by atoms with Gasteiger partial charge in [-0.15, -0.1) is 0 Å². The van der Waals surface area contributed by atoms with Crippen LogP contribution >= 0.6 is 11.6 Å². The Labute approximate surface area is 86.1 Å². The molecule has 0 fully saturated rings. The van der Waals surface area contributed by atoms with Gasteiger partial charge >= 0.3 is 6.47 Å². The minimum Gasteiger partial charge on any atom is -0.418 e. The second kappa shape index (κ2) is 3.68. The lowest BCUT2D eigenvalue weighted by molar-refractivity contribution is 0.443. The Kier molecular flexibility index (Phi) is 2.37. The van der Waals surface area contributed by atoms with E-state index in [0.29, 0.717) is 10.8 Å². The summed E-state index contributed by atoms with van der Waals surface area (Å²) < 4.78 is 4.60. The molecule has 2 rings (SSSR count). The van der Waals surface area contributed by atoms with Crippen LogP contribution in [0.15, 0.2) is 36.4 Å². The van der Waals surface area contributed by atoms with E-state index in [0.717, 1.165) is 10.8 Å². The molecule has 69 valence electrons. The van der Waals surface area contributed by atoms with Crippen LogP contribution in [0.1, 0.15) is 0 Å². The standard InChI is InChI=1S/C11H6ClO2/c12-11-6-9(14-7-13)5-8-3-1-2-4-10(8)11/h1-6H. The third-order valence-corrected chi connectivity index (χ3v) is 2.26. The van der Waals surface area contributed by atoms with Crippen molar-refractivity contribution in [3.05, 3.63) is 41.4 Å². The van der Waals surface area contributed by atoms with Gasteiger partial charge in [-0.3, -0.25) is 0 Å². The summed E-state index contributed by atoms with van der Waals surface area (Å²) in [4.78, 5) is 10.0. The minimum atomic E-state index is 0.406. The zero-order valence-corrected chi connectivity index (χ0v) is 7.91. The summed E-state index contributed by atoms with van der Waals surface area (Å²) in [5.41, 5.74) is 0. The highest BCUT2D eigenvalue weighted by molar-refractivity contribution is 6.35. The van der Waals surface area contributed by atoms with Crippen molar-refractivity contribution in [2.24, 2.45) is 0 Å². The third kappa shape index (κ3) is 1.56. The molecule has 0 spiro atoms. The lowest BCUT2D eigenvalue weighted by atomic mass is 10.1. The summed E-state index contributed by atoms with van der Waals surface area (Å²) in [6, 6.07) is 10.9. The average molecular weight is 206 g/mol. The highest BCUT2D eigenvalue weighted by atomic mass is 35.5. The molecule has 0 N–H and O–H groups in total. The van der Waals surface area contributed by atoms with Gasteiger partial charge < -0.3 is 4.74 Å². The smallest absolute Gasteiger partial charge is 0.418 e. The Bertz CT molecular complexity index is 480. The summed E-state index contributed by atoms with van der Waals surface area (Å²) in [6.45, 7) is 1.37. The van der Waals surface area contributed by atoms with E-state index in [1.807, 2.05) is 24.3 Å². The molecule has 0 aliphatic carbocycles. The fourth-order valence-electron chi connectivity index (χ4n) is 1.34. The van der Waals surface area contributed by atoms with Crippen molar-refractivity contribution in [1.82, 2.24) is 0 Å². The fourth-order valence-corrected chi connectivity index (χ4v) is 1.62. The van der Waals surface area contributed by atoms with Gasteiger partial charge in [0.15, 0.2) is 0 Å². The van der Waals surface area contributed by atoms with Gasteiger partial charge in [-0.1, -0.05) is 35.9 Å². The number of rotatable bonds is 2. The van der Waals surface area contributed by atoms with Gasteiger partial charge in [-0.2, -0.15) is 0 Å². The molecular weight excluding hydrogens is 200 g/mol. The lowest BCUT2D eigenvalue weighted by Crippen LogP contribution is -1.88. The Balaban J connectivity index is 2.65. The van der Waals surface area contributed by atoms with Gasteiger partial charge in [0, 0.05) is 11.5 Å². The number of hydrogen-bond donors (Lipinski definition) is 0. The molecule has 0 aliphatic rings. The summed E-state index contributed by atoms with van der Waals surface area (Å²) in [6.07, 6.45) is 0. The molecule has 14 heavy (non-hydrogen) atoms. The molecular formula is C11H6ClO2. The maximum Gasteiger partial charge on any atom is 0.423 e. The largest absolute Gasteiger partial charge is 0.423 e. The molecule has 0 atom stereocenters. The van der Waals surface area contributed by atoms with E-state index in [9.17, 15) is 4.79 Å². The number of hydrogen-bond acceptors (Lipinski definition) is 2. The first-order valence-electron chi connectivity index (χ1n) is 4.03. The second-order valence-electron chi connectivity index (χ2n) is 2.81. The van der Waals surface area contributed by atoms with E-state index < -0.39 is 0 Å². The highest BCUT2D eigenvalue weighted by Crippen LogP contribution is 2.28. The molecule has 0 saturated heterocycles. The molecule has 0 heterocycles. The van der Waals surface area contributed by atoms with Crippen molar-refractivity contribution in [3.8, 4) is 5.75 Å². The van der Waals surface area contributed by atoms with Crippen LogP contribution in [0.3, 0.4) is 0 Å². The van der Waals surface area contributed by atoms with Crippen molar-refractivity contribution in [1.29, 1.82) is 0 Å². The fraction of sp³-hybridized carbons (Fsp3) is 0. The van der Waals surface area contributed by atoms with Crippen LogP contribution in [0.25, 0.3) is 10.8 Å². The Morgan fingerprint density at radius 2 is 2.00 bits per heavy atom. The number of fused-ring (bicyclic) bond motifs is 1. The summed E-state index contributed by atoms with van der Waals surface area (Å²) >= 11 is 5.99. The van der Waals surface area contributed by atoms with E-state index in [1.165, 1.54) is 6.47 Å². The number of halogens is 1. The zero-order chi connectivity index (χ0) is 9.97. The van der Waals surface area contributed by atoms with Gasteiger partial charge in [0.05, 0.1) is 5.02 Å². The number of ether oxygens (including phenoxy) is 1. The number of benzene rings is 2. The first-order valence-corrected chi connectivity index (χ1v) is 4.41. The Morgan fingerprint density at radius 3 is 2.79 bits per heavy atom. The normalized spacial score (nSPS) is 10.1. The quantitative estimate of drug-likeness (QED) is 0.754. The van der Waals surface area contributed by atoms with E-state index in [2.05, 4.69) is 4.74 Å². The van der Waals surface area contributed by atoms with Crippen LogP contribution in [0.4, 0.5) is 0 Å². The topological polar surface area (TPSA) is 26.3 Å². The first-order chi connectivity index (χ1) is 6.81. The van der Waals surface area contributed by atoms with Crippen molar-refractivity contribution in [3.63, 3.8) is 0 Å². The predicted molar refractivity (Wildman–Crippen MR) is 55.3 cm³/mol. The molecule has 0 saturated carbocycles. The van der Waals surface area contributed by atoms with E-state index >= 15 is 0 Å². The molecule has 3 heteroatoms. The monoisotopic (exact) mass is 205 g/mol. The summed E-state index contributed by atoms with van der Waals surface area (Å²) in [5.74, 6) is 0.406. The van der Waals surface area contributed by atoms with E-state index in [1.54, 1.807) is 12.1 Å². The SMILES string of the molecule is O=[C]Oc1cc(Cl)c2ccccc2c1. The molecule has 2 aromatic rings. The molecule has 1 radical (unpaired) electrons. The van der Waals surface area contributed by atoms with Crippen LogP contribution in [0.2, 0.25) is 5.02 Å². The highest BCUT2D eigenvalue weighted by Gasteiger charge is 2.02. The van der Waals surface area contributed by atoms with Crippen LogP contribution in [-0.4, -0.2) is 6.47 Å². The summed E-state index contributed by atoms with van der Waals surface area (Å²) in [7, 11) is 0. The van der Waals surface area contributed by atoms with Crippen molar-refractivity contribution < 1.29 is 9.53 Å². The van der Waals surface area contributed by atoms with E-state index in [-0.39, 0.29) is 0 Å². The van der Waals surface area contributed by atoms with Crippen molar-refractivity contribution in [2.45, 2.75) is 0 Å². The van der Waals surface area contributed by atoms with Crippen LogP contribution in [0.5, 0.6) is 5.75 Å². The van der Waals surface area contributed by atoms with Crippen LogP contribution in [0, 0.1) is 0 Å². The van der Waals surface area contributed by atoms with Crippen molar-refractivity contribution >= 4 is 28.8 Å². The predicted octanol–water partition coefficient (Wildman–Crippen LogP) is 2.94. The zero-order valence-electron chi connectivity index (χ0n) is 7.16. The lowest BCUT2D eigenvalue weighted by Gasteiger charge is -2.02. The Morgan fingerprint density at radius 1 is 1.21 bits per heavy atom. The van der Waals surface area contributed by atoms with Gasteiger partial charge in [0.2, 0.25) is 0 Å².